The number of rotatable bonds is 7. The zero-order valence-corrected chi connectivity index (χ0v) is 14.2. The summed E-state index contributed by atoms with van der Waals surface area (Å²) in [6.07, 6.45) is 0.376. The molecule has 0 atom stereocenters. The summed E-state index contributed by atoms with van der Waals surface area (Å²) in [7, 11) is 3.13. The van der Waals surface area contributed by atoms with Crippen molar-refractivity contribution in [2.24, 2.45) is 0 Å². The van der Waals surface area contributed by atoms with Gasteiger partial charge in [0.05, 0.1) is 20.1 Å². The number of nitrogens with zero attached hydrogens (tertiary/aromatic N) is 2. The van der Waals surface area contributed by atoms with Crippen molar-refractivity contribution in [2.75, 3.05) is 53.6 Å². The van der Waals surface area contributed by atoms with Crippen LogP contribution >= 0.6 is 0 Å². The molecule has 0 bridgehead atoms. The van der Waals surface area contributed by atoms with Gasteiger partial charge in [0.1, 0.15) is 0 Å². The Bertz CT molecular complexity index is 556. The van der Waals surface area contributed by atoms with Crippen LogP contribution in [0.15, 0.2) is 24.3 Å². The summed E-state index contributed by atoms with van der Waals surface area (Å²) in [4.78, 5) is 27.7. The zero-order valence-electron chi connectivity index (χ0n) is 14.2. The summed E-state index contributed by atoms with van der Waals surface area (Å²) in [6, 6.07) is 7.21. The van der Waals surface area contributed by atoms with E-state index in [2.05, 4.69) is 0 Å². The van der Waals surface area contributed by atoms with Gasteiger partial charge in [0.25, 0.3) is 5.91 Å². The predicted molar refractivity (Wildman–Crippen MR) is 88.1 cm³/mol. The smallest absolute Gasteiger partial charge is 0.260 e. The first-order valence-electron chi connectivity index (χ1n) is 7.96. The lowest BCUT2D eigenvalue weighted by molar-refractivity contribution is -0.141. The first-order valence-corrected chi connectivity index (χ1v) is 7.96. The van der Waals surface area contributed by atoms with Crippen LogP contribution in [0.5, 0.6) is 11.5 Å². The van der Waals surface area contributed by atoms with Gasteiger partial charge >= 0.3 is 0 Å². The van der Waals surface area contributed by atoms with E-state index in [0.29, 0.717) is 50.7 Å². The molecule has 2 amide bonds. The Hall–Kier alpha value is -2.28. The van der Waals surface area contributed by atoms with E-state index in [4.69, 9.17) is 14.2 Å². The molecule has 2 rings (SSSR count). The molecule has 0 unspecified atom stereocenters. The third-order valence-electron chi connectivity index (χ3n) is 3.93. The summed E-state index contributed by atoms with van der Waals surface area (Å²) in [5.41, 5.74) is 0. The van der Waals surface area contributed by atoms with Crippen molar-refractivity contribution in [3.05, 3.63) is 24.3 Å². The molecule has 132 valence electrons. The number of hydrogen-bond donors (Lipinski definition) is 0. The van der Waals surface area contributed by atoms with Crippen molar-refractivity contribution >= 4 is 11.8 Å². The molecule has 24 heavy (non-hydrogen) atoms. The molecule has 1 heterocycles. The summed E-state index contributed by atoms with van der Waals surface area (Å²) < 4.78 is 15.7. The third kappa shape index (κ3) is 4.86. The fourth-order valence-electron chi connectivity index (χ4n) is 2.52. The largest absolute Gasteiger partial charge is 0.493 e. The Labute approximate surface area is 142 Å². The minimum atomic E-state index is -0.0927. The summed E-state index contributed by atoms with van der Waals surface area (Å²) in [6.45, 7) is 2.51. The van der Waals surface area contributed by atoms with E-state index in [1.165, 1.54) is 0 Å². The number of para-hydroxylation sites is 2. The first-order chi connectivity index (χ1) is 11.7. The van der Waals surface area contributed by atoms with Crippen LogP contribution < -0.4 is 9.47 Å². The molecule has 7 nitrogen and oxygen atoms in total. The van der Waals surface area contributed by atoms with E-state index in [0.717, 1.165) is 0 Å². The summed E-state index contributed by atoms with van der Waals surface area (Å²) in [5, 5.41) is 0. The maximum absolute atomic E-state index is 12.3. The minimum Gasteiger partial charge on any atom is -0.493 e. The van der Waals surface area contributed by atoms with Crippen LogP contribution in [0.25, 0.3) is 0 Å². The average Bonchev–Trinajstić information content (AvgIpc) is 2.64. The zero-order chi connectivity index (χ0) is 17.4. The second kappa shape index (κ2) is 9.12. The third-order valence-corrected chi connectivity index (χ3v) is 3.93. The summed E-state index contributed by atoms with van der Waals surface area (Å²) in [5.74, 6) is 1.11. The van der Waals surface area contributed by atoms with Crippen LogP contribution in [0.4, 0.5) is 0 Å². The van der Waals surface area contributed by atoms with Crippen LogP contribution in [0, 0.1) is 0 Å². The van der Waals surface area contributed by atoms with Gasteiger partial charge in [0.2, 0.25) is 5.91 Å². The molecule has 1 aliphatic heterocycles. The Balaban J connectivity index is 1.77. The van der Waals surface area contributed by atoms with Crippen molar-refractivity contribution in [1.29, 1.82) is 0 Å². The lowest BCUT2D eigenvalue weighted by Gasteiger charge is -2.34. The number of methoxy groups -OCH3 is 2. The Kier molecular flexibility index (Phi) is 6.87. The number of carbonyl (C=O) groups excluding carboxylic acids is 2. The molecule has 1 aromatic rings. The van der Waals surface area contributed by atoms with Crippen molar-refractivity contribution in [3.8, 4) is 11.5 Å². The predicted octanol–water partition coefficient (Wildman–Crippen LogP) is 0.781. The van der Waals surface area contributed by atoms with Crippen LogP contribution in [0.3, 0.4) is 0 Å². The van der Waals surface area contributed by atoms with E-state index in [1.807, 2.05) is 12.1 Å². The van der Waals surface area contributed by atoms with Gasteiger partial charge in [-0.05, 0) is 12.1 Å². The Morgan fingerprint density at radius 1 is 0.958 bits per heavy atom. The van der Waals surface area contributed by atoms with E-state index in [9.17, 15) is 9.59 Å². The van der Waals surface area contributed by atoms with Gasteiger partial charge in [-0.3, -0.25) is 9.59 Å². The molecule has 1 aromatic carbocycles. The number of carbonyl (C=O) groups is 2. The number of amides is 2. The highest BCUT2D eigenvalue weighted by Crippen LogP contribution is 2.25. The normalized spacial score (nSPS) is 14.4. The lowest BCUT2D eigenvalue weighted by Crippen LogP contribution is -2.51. The fraction of sp³-hybridized carbons (Fsp3) is 0.529. The highest BCUT2D eigenvalue weighted by molar-refractivity contribution is 5.79. The SMILES string of the molecule is COCCC(=O)N1CCN(C(=O)COc2ccccc2OC)CC1. The number of ether oxygens (including phenoxy) is 3. The van der Waals surface area contributed by atoms with Crippen LogP contribution in [-0.2, 0) is 14.3 Å². The van der Waals surface area contributed by atoms with E-state index in [-0.39, 0.29) is 18.4 Å². The quantitative estimate of drug-likeness (QED) is 0.736. The topological polar surface area (TPSA) is 68.3 Å². The maximum atomic E-state index is 12.3. The van der Waals surface area contributed by atoms with E-state index in [1.54, 1.807) is 36.2 Å². The van der Waals surface area contributed by atoms with Crippen LogP contribution in [0.1, 0.15) is 6.42 Å². The molecular weight excluding hydrogens is 312 g/mol. The second-order valence-electron chi connectivity index (χ2n) is 5.44. The molecule has 1 fully saturated rings. The molecule has 0 aromatic heterocycles. The van der Waals surface area contributed by atoms with E-state index >= 15 is 0 Å². The van der Waals surface area contributed by atoms with Crippen molar-refractivity contribution < 1.29 is 23.8 Å². The molecular formula is C17H24N2O5. The maximum Gasteiger partial charge on any atom is 0.260 e. The highest BCUT2D eigenvalue weighted by atomic mass is 16.5. The van der Waals surface area contributed by atoms with Gasteiger partial charge in [0, 0.05) is 33.3 Å². The summed E-state index contributed by atoms with van der Waals surface area (Å²) >= 11 is 0. The first kappa shape index (κ1) is 18.1. The Morgan fingerprint density at radius 3 is 2.12 bits per heavy atom. The fourth-order valence-corrected chi connectivity index (χ4v) is 2.52. The molecule has 0 aliphatic carbocycles. The molecule has 0 saturated carbocycles. The number of piperazine rings is 1. The van der Waals surface area contributed by atoms with Gasteiger partial charge in [-0.2, -0.15) is 0 Å². The van der Waals surface area contributed by atoms with Gasteiger partial charge in [-0.15, -0.1) is 0 Å². The van der Waals surface area contributed by atoms with Crippen LogP contribution in [0.2, 0.25) is 0 Å². The minimum absolute atomic E-state index is 0.0437. The number of hydrogen-bond acceptors (Lipinski definition) is 5. The van der Waals surface area contributed by atoms with Crippen molar-refractivity contribution in [1.82, 2.24) is 9.80 Å². The molecule has 1 saturated heterocycles. The molecule has 0 spiro atoms. The monoisotopic (exact) mass is 336 g/mol. The van der Waals surface area contributed by atoms with Gasteiger partial charge in [-0.1, -0.05) is 12.1 Å². The molecule has 7 heteroatoms. The van der Waals surface area contributed by atoms with Crippen molar-refractivity contribution in [2.45, 2.75) is 6.42 Å². The Morgan fingerprint density at radius 2 is 1.54 bits per heavy atom. The molecule has 0 radical (unpaired) electrons. The van der Waals surface area contributed by atoms with Gasteiger partial charge in [0.15, 0.2) is 18.1 Å². The van der Waals surface area contributed by atoms with Crippen LogP contribution in [-0.4, -0.2) is 75.2 Å². The highest BCUT2D eigenvalue weighted by Gasteiger charge is 2.24. The van der Waals surface area contributed by atoms with Crippen molar-refractivity contribution in [3.63, 3.8) is 0 Å². The molecule has 1 aliphatic rings. The van der Waals surface area contributed by atoms with E-state index < -0.39 is 0 Å². The average molecular weight is 336 g/mol. The molecule has 0 N–H and O–H groups in total. The van der Waals surface area contributed by atoms with Gasteiger partial charge in [-0.25, -0.2) is 0 Å². The lowest BCUT2D eigenvalue weighted by atomic mass is 10.2. The standard InChI is InChI=1S/C17H24N2O5/c1-22-12-7-16(20)18-8-10-19(11-9-18)17(21)13-24-15-6-4-3-5-14(15)23-2/h3-6H,7-13H2,1-2H3. The van der Waals surface area contributed by atoms with Gasteiger partial charge < -0.3 is 24.0 Å². The second-order valence-corrected chi connectivity index (χ2v) is 5.44. The number of benzene rings is 1.